The molecule has 0 aromatic heterocycles. The summed E-state index contributed by atoms with van der Waals surface area (Å²) in [6.07, 6.45) is 0. The van der Waals surface area contributed by atoms with Crippen molar-refractivity contribution in [1.82, 2.24) is 0 Å². The van der Waals surface area contributed by atoms with Crippen LogP contribution in [0.3, 0.4) is 0 Å². The minimum absolute atomic E-state index is 0.798. The normalized spacial score (nSPS) is 15.3. The molecule has 0 saturated carbocycles. The van der Waals surface area contributed by atoms with Crippen LogP contribution in [0.5, 0.6) is 0 Å². The molecule has 10 heavy (non-hydrogen) atoms. The fourth-order valence-corrected chi connectivity index (χ4v) is 1.87. The van der Waals surface area contributed by atoms with E-state index in [1.54, 1.807) is 0 Å². The van der Waals surface area contributed by atoms with Crippen molar-refractivity contribution in [2.75, 3.05) is 0 Å². The SMILES string of the molecule is Ic1cccc2c1COC2. The number of halogens is 1. The van der Waals surface area contributed by atoms with E-state index in [4.69, 9.17) is 4.74 Å². The van der Waals surface area contributed by atoms with E-state index in [0.717, 1.165) is 13.2 Å². The fraction of sp³-hybridized carbons (Fsp3) is 0.250. The first-order valence-corrected chi connectivity index (χ1v) is 4.30. The second-order valence-corrected chi connectivity index (χ2v) is 3.53. The average Bonchev–Trinajstić information content (AvgIpc) is 2.36. The van der Waals surface area contributed by atoms with Crippen molar-refractivity contribution < 1.29 is 4.74 Å². The van der Waals surface area contributed by atoms with Gasteiger partial charge in [-0.05, 0) is 39.8 Å². The van der Waals surface area contributed by atoms with Gasteiger partial charge in [0.2, 0.25) is 0 Å². The van der Waals surface area contributed by atoms with Gasteiger partial charge in [-0.25, -0.2) is 0 Å². The lowest BCUT2D eigenvalue weighted by Crippen LogP contribution is -1.84. The molecule has 1 aromatic rings. The zero-order valence-corrected chi connectivity index (χ0v) is 7.59. The molecule has 0 spiro atoms. The lowest BCUT2D eigenvalue weighted by Gasteiger charge is -1.96. The molecule has 0 unspecified atom stereocenters. The Bertz CT molecular complexity index is 257. The molecule has 0 saturated heterocycles. The van der Waals surface area contributed by atoms with Gasteiger partial charge in [0.05, 0.1) is 13.2 Å². The number of hydrogen-bond acceptors (Lipinski definition) is 1. The molecule has 1 aromatic carbocycles. The molecule has 0 bridgehead atoms. The topological polar surface area (TPSA) is 9.23 Å². The van der Waals surface area contributed by atoms with E-state index in [2.05, 4.69) is 40.8 Å². The second kappa shape index (κ2) is 2.51. The fourth-order valence-electron chi connectivity index (χ4n) is 1.16. The molecule has 0 N–H and O–H groups in total. The van der Waals surface area contributed by atoms with Gasteiger partial charge < -0.3 is 4.74 Å². The summed E-state index contributed by atoms with van der Waals surface area (Å²) >= 11 is 2.35. The Morgan fingerprint density at radius 2 is 2.20 bits per heavy atom. The molecular formula is C8H7IO. The molecule has 1 aliphatic heterocycles. The van der Waals surface area contributed by atoms with E-state index in [9.17, 15) is 0 Å². The van der Waals surface area contributed by atoms with Crippen LogP contribution in [0.2, 0.25) is 0 Å². The Kier molecular flexibility index (Phi) is 1.66. The summed E-state index contributed by atoms with van der Waals surface area (Å²) in [6.45, 7) is 1.60. The van der Waals surface area contributed by atoms with E-state index >= 15 is 0 Å². The Labute approximate surface area is 73.5 Å². The first-order valence-electron chi connectivity index (χ1n) is 3.22. The highest BCUT2D eigenvalue weighted by atomic mass is 127. The summed E-state index contributed by atoms with van der Waals surface area (Å²) in [6, 6.07) is 6.33. The molecule has 0 aliphatic carbocycles. The lowest BCUT2D eigenvalue weighted by molar-refractivity contribution is 0.134. The maximum absolute atomic E-state index is 5.29. The van der Waals surface area contributed by atoms with Gasteiger partial charge in [0, 0.05) is 3.57 Å². The van der Waals surface area contributed by atoms with Gasteiger partial charge in [0.15, 0.2) is 0 Å². The van der Waals surface area contributed by atoms with Crippen molar-refractivity contribution in [2.45, 2.75) is 13.2 Å². The molecule has 52 valence electrons. The maximum Gasteiger partial charge on any atom is 0.0735 e. The monoisotopic (exact) mass is 246 g/mol. The molecule has 2 rings (SSSR count). The summed E-state index contributed by atoms with van der Waals surface area (Å²) in [5.74, 6) is 0. The van der Waals surface area contributed by atoms with Gasteiger partial charge in [-0.2, -0.15) is 0 Å². The molecule has 1 aliphatic rings. The van der Waals surface area contributed by atoms with Crippen LogP contribution in [-0.2, 0) is 18.0 Å². The molecule has 1 nitrogen and oxygen atoms in total. The Morgan fingerprint density at radius 1 is 1.30 bits per heavy atom. The van der Waals surface area contributed by atoms with Crippen LogP contribution in [0.15, 0.2) is 18.2 Å². The van der Waals surface area contributed by atoms with Crippen molar-refractivity contribution in [3.63, 3.8) is 0 Å². The molecule has 2 heteroatoms. The van der Waals surface area contributed by atoms with Crippen LogP contribution in [-0.4, -0.2) is 0 Å². The Balaban J connectivity index is 2.59. The standard InChI is InChI=1S/C8H7IO/c9-8-3-1-2-6-4-10-5-7(6)8/h1-3H,4-5H2. The number of benzene rings is 1. The first kappa shape index (κ1) is 6.61. The number of fused-ring (bicyclic) bond motifs is 1. The smallest absolute Gasteiger partial charge is 0.0735 e. The van der Waals surface area contributed by atoms with Crippen molar-refractivity contribution in [3.05, 3.63) is 32.9 Å². The third-order valence-electron chi connectivity index (χ3n) is 1.72. The van der Waals surface area contributed by atoms with Gasteiger partial charge in [-0.3, -0.25) is 0 Å². The minimum atomic E-state index is 0.798. The van der Waals surface area contributed by atoms with Crippen molar-refractivity contribution in [3.8, 4) is 0 Å². The average molecular weight is 246 g/mol. The van der Waals surface area contributed by atoms with Gasteiger partial charge in [0.1, 0.15) is 0 Å². The van der Waals surface area contributed by atoms with Crippen LogP contribution in [0, 0.1) is 3.57 Å². The van der Waals surface area contributed by atoms with Crippen LogP contribution in [0.25, 0.3) is 0 Å². The van der Waals surface area contributed by atoms with Crippen molar-refractivity contribution in [2.24, 2.45) is 0 Å². The highest BCUT2D eigenvalue weighted by Gasteiger charge is 2.12. The third-order valence-corrected chi connectivity index (χ3v) is 2.73. The predicted molar refractivity (Wildman–Crippen MR) is 47.7 cm³/mol. The molecular weight excluding hydrogens is 239 g/mol. The van der Waals surface area contributed by atoms with Gasteiger partial charge >= 0.3 is 0 Å². The summed E-state index contributed by atoms with van der Waals surface area (Å²) in [7, 11) is 0. The summed E-state index contributed by atoms with van der Waals surface area (Å²) in [5, 5.41) is 0. The maximum atomic E-state index is 5.29. The van der Waals surface area contributed by atoms with Crippen LogP contribution in [0.1, 0.15) is 11.1 Å². The second-order valence-electron chi connectivity index (χ2n) is 2.37. The van der Waals surface area contributed by atoms with Crippen LogP contribution < -0.4 is 0 Å². The van der Waals surface area contributed by atoms with E-state index in [1.807, 2.05) is 0 Å². The molecule has 0 amide bonds. The summed E-state index contributed by atoms with van der Waals surface area (Å²) in [4.78, 5) is 0. The van der Waals surface area contributed by atoms with Gasteiger partial charge in [-0.15, -0.1) is 0 Å². The van der Waals surface area contributed by atoms with E-state index in [1.165, 1.54) is 14.7 Å². The molecule has 0 radical (unpaired) electrons. The van der Waals surface area contributed by atoms with Gasteiger partial charge in [0.25, 0.3) is 0 Å². The molecule has 1 heterocycles. The zero-order chi connectivity index (χ0) is 6.97. The summed E-state index contributed by atoms with van der Waals surface area (Å²) in [5.41, 5.74) is 2.73. The van der Waals surface area contributed by atoms with E-state index in [-0.39, 0.29) is 0 Å². The third kappa shape index (κ3) is 0.953. The highest BCUT2D eigenvalue weighted by Crippen LogP contribution is 2.23. The minimum Gasteiger partial charge on any atom is -0.372 e. The lowest BCUT2D eigenvalue weighted by atomic mass is 10.1. The number of hydrogen-bond donors (Lipinski definition) is 0. The van der Waals surface area contributed by atoms with Gasteiger partial charge in [-0.1, -0.05) is 12.1 Å². The summed E-state index contributed by atoms with van der Waals surface area (Å²) < 4.78 is 6.62. The Morgan fingerprint density at radius 3 is 3.00 bits per heavy atom. The Hall–Kier alpha value is -0.0900. The molecule has 0 atom stereocenters. The van der Waals surface area contributed by atoms with Crippen molar-refractivity contribution >= 4 is 22.6 Å². The highest BCUT2D eigenvalue weighted by molar-refractivity contribution is 14.1. The first-order chi connectivity index (χ1) is 4.88. The van der Waals surface area contributed by atoms with E-state index in [0.29, 0.717) is 0 Å². The predicted octanol–water partition coefficient (Wildman–Crippen LogP) is 2.32. The number of rotatable bonds is 0. The zero-order valence-electron chi connectivity index (χ0n) is 5.43. The quantitative estimate of drug-likeness (QED) is 0.638. The van der Waals surface area contributed by atoms with Crippen molar-refractivity contribution in [1.29, 1.82) is 0 Å². The van der Waals surface area contributed by atoms with E-state index < -0.39 is 0 Å². The van der Waals surface area contributed by atoms with Crippen LogP contribution >= 0.6 is 22.6 Å². The molecule has 0 fully saturated rings. The number of ether oxygens (including phenoxy) is 1. The van der Waals surface area contributed by atoms with Crippen LogP contribution in [0.4, 0.5) is 0 Å². The largest absolute Gasteiger partial charge is 0.372 e.